The topological polar surface area (TPSA) is 111 Å². The molecule has 3 aliphatic rings. The summed E-state index contributed by atoms with van der Waals surface area (Å²) in [7, 11) is 0. The summed E-state index contributed by atoms with van der Waals surface area (Å²) in [4.78, 5) is 48.1. The Kier molecular flexibility index (Phi) is 6.94. The van der Waals surface area contributed by atoms with E-state index in [0.717, 1.165) is 37.8 Å². The number of fused-ring (bicyclic) bond motifs is 3. The van der Waals surface area contributed by atoms with Gasteiger partial charge in [-0.05, 0) is 24.0 Å². The first kappa shape index (κ1) is 19.7. The van der Waals surface area contributed by atoms with E-state index in [1.54, 1.807) is 0 Å². The van der Waals surface area contributed by atoms with Crippen molar-refractivity contribution in [2.45, 2.75) is 51.6 Å². The molecule has 0 spiro atoms. The number of carbonyl (C=O) groups excluding carboxylic acids is 4. The third-order valence-electron chi connectivity index (χ3n) is 4.08. The minimum Gasteiger partial charge on any atom is -0.463 e. The van der Waals surface area contributed by atoms with E-state index >= 15 is 0 Å². The molecule has 2 bridgehead atoms. The smallest absolute Gasteiger partial charge is 0.331 e. The molecular formula is C18H24N2O6. The van der Waals surface area contributed by atoms with Crippen molar-refractivity contribution >= 4 is 23.8 Å². The van der Waals surface area contributed by atoms with E-state index in [4.69, 9.17) is 9.47 Å². The highest BCUT2D eigenvalue weighted by atomic mass is 16.5. The number of hydrogen-bond donors (Lipinski definition) is 2. The van der Waals surface area contributed by atoms with Gasteiger partial charge in [0.05, 0.1) is 13.2 Å². The molecule has 2 unspecified atom stereocenters. The van der Waals surface area contributed by atoms with Gasteiger partial charge < -0.3 is 20.1 Å². The summed E-state index contributed by atoms with van der Waals surface area (Å²) >= 11 is 0. The van der Waals surface area contributed by atoms with Crippen LogP contribution in [0.25, 0.3) is 0 Å². The number of hydrogen-bond acceptors (Lipinski definition) is 6. The maximum absolute atomic E-state index is 12.0. The number of ether oxygens (including phenoxy) is 2. The maximum Gasteiger partial charge on any atom is 0.331 e. The molecule has 0 radical (unpaired) electrons. The van der Waals surface area contributed by atoms with Crippen LogP contribution >= 0.6 is 0 Å². The van der Waals surface area contributed by atoms with Gasteiger partial charge in [-0.3, -0.25) is 9.59 Å². The Labute approximate surface area is 152 Å². The maximum atomic E-state index is 12.0. The Balaban J connectivity index is 2.23. The van der Waals surface area contributed by atoms with Gasteiger partial charge >= 0.3 is 11.9 Å². The molecule has 2 amide bonds. The SMILES string of the molecule is CCCCOC(=O)/C=C1\C(=C/C(=O)OCCCC)C2NC(=O)C1NC2=O. The first-order valence-electron chi connectivity index (χ1n) is 8.85. The summed E-state index contributed by atoms with van der Waals surface area (Å²) < 4.78 is 10.2. The molecule has 0 aromatic carbocycles. The zero-order valence-corrected chi connectivity index (χ0v) is 15.0. The zero-order chi connectivity index (χ0) is 19.1. The van der Waals surface area contributed by atoms with E-state index in [1.165, 1.54) is 0 Å². The van der Waals surface area contributed by atoms with E-state index in [-0.39, 0.29) is 24.4 Å². The van der Waals surface area contributed by atoms with Crippen LogP contribution in [-0.2, 0) is 28.7 Å². The van der Waals surface area contributed by atoms with E-state index in [0.29, 0.717) is 0 Å². The molecule has 3 fully saturated rings. The summed E-state index contributed by atoms with van der Waals surface area (Å²) in [5, 5.41) is 5.05. The molecule has 142 valence electrons. The zero-order valence-electron chi connectivity index (χ0n) is 15.0. The highest BCUT2D eigenvalue weighted by Crippen LogP contribution is 2.28. The number of esters is 2. The van der Waals surface area contributed by atoms with Crippen molar-refractivity contribution in [3.8, 4) is 0 Å². The van der Waals surface area contributed by atoms with Gasteiger partial charge in [-0.1, -0.05) is 26.7 Å². The van der Waals surface area contributed by atoms with E-state index in [1.807, 2.05) is 13.8 Å². The van der Waals surface area contributed by atoms with Crippen molar-refractivity contribution in [1.82, 2.24) is 10.6 Å². The van der Waals surface area contributed by atoms with Crippen LogP contribution in [0.15, 0.2) is 23.3 Å². The molecule has 2 atom stereocenters. The third-order valence-corrected chi connectivity index (χ3v) is 4.08. The molecule has 3 saturated heterocycles. The molecule has 8 heteroatoms. The Morgan fingerprint density at radius 1 is 0.846 bits per heavy atom. The van der Waals surface area contributed by atoms with E-state index in [2.05, 4.69) is 10.6 Å². The third kappa shape index (κ3) is 4.71. The van der Waals surface area contributed by atoms with Crippen LogP contribution in [0, 0.1) is 0 Å². The first-order chi connectivity index (χ1) is 12.5. The molecular weight excluding hydrogens is 340 g/mol. The van der Waals surface area contributed by atoms with E-state index in [9.17, 15) is 19.2 Å². The summed E-state index contributed by atoms with van der Waals surface area (Å²) in [6.45, 7) is 4.47. The first-order valence-corrected chi connectivity index (χ1v) is 8.85. The minimum atomic E-state index is -1.03. The van der Waals surface area contributed by atoms with Gasteiger partial charge in [-0.2, -0.15) is 0 Å². The number of piperazine rings is 1. The number of amides is 2. The van der Waals surface area contributed by atoms with Crippen molar-refractivity contribution < 1.29 is 28.7 Å². The molecule has 0 saturated carbocycles. The Morgan fingerprint density at radius 3 is 1.58 bits per heavy atom. The molecule has 8 nitrogen and oxygen atoms in total. The fourth-order valence-electron chi connectivity index (χ4n) is 2.66. The highest BCUT2D eigenvalue weighted by molar-refractivity contribution is 6.07. The highest BCUT2D eigenvalue weighted by Gasteiger charge is 2.46. The van der Waals surface area contributed by atoms with Crippen LogP contribution in [0.2, 0.25) is 0 Å². The van der Waals surface area contributed by atoms with Gasteiger partial charge in [0.1, 0.15) is 12.1 Å². The standard InChI is InChI=1S/C18H24N2O6/c1-3-5-7-25-13(21)9-11-12(10-14(22)26-8-6-4-2)16-18(24)19-15(11)17(23)20-16/h9-10,15-16H,3-8H2,1-2H3,(H,19,24)(H,20,23)/b11-9+,12-10+. The number of piperidine rings is 2. The monoisotopic (exact) mass is 364 g/mol. The van der Waals surface area contributed by atoms with Crippen molar-refractivity contribution in [2.24, 2.45) is 0 Å². The average Bonchev–Trinajstić information content (AvgIpc) is 2.59. The molecule has 0 aromatic rings. The fraction of sp³-hybridized carbons (Fsp3) is 0.556. The van der Waals surface area contributed by atoms with Gasteiger partial charge in [0.2, 0.25) is 11.8 Å². The molecule has 26 heavy (non-hydrogen) atoms. The number of nitrogens with one attached hydrogen (secondary N) is 2. The second-order valence-electron chi connectivity index (χ2n) is 6.12. The lowest BCUT2D eigenvalue weighted by molar-refractivity contribution is -0.139. The van der Waals surface area contributed by atoms with Gasteiger partial charge in [0, 0.05) is 12.2 Å². The quantitative estimate of drug-likeness (QED) is 0.369. The molecule has 2 N–H and O–H groups in total. The average molecular weight is 364 g/mol. The number of unbranched alkanes of at least 4 members (excludes halogenated alkanes) is 2. The minimum absolute atomic E-state index is 0.257. The molecule has 0 aromatic heterocycles. The summed E-state index contributed by atoms with van der Waals surface area (Å²) in [6, 6.07) is -2.05. The van der Waals surface area contributed by atoms with Crippen molar-refractivity contribution in [3.63, 3.8) is 0 Å². The summed E-state index contributed by atoms with van der Waals surface area (Å²) in [5.41, 5.74) is 0.513. The van der Waals surface area contributed by atoms with Crippen molar-refractivity contribution in [3.05, 3.63) is 23.3 Å². The van der Waals surface area contributed by atoms with Crippen LogP contribution in [0.3, 0.4) is 0 Å². The number of rotatable bonds is 8. The predicted octanol–water partition coefficient (Wildman–Crippen LogP) is 0.523. The van der Waals surface area contributed by atoms with Crippen molar-refractivity contribution in [2.75, 3.05) is 13.2 Å². The van der Waals surface area contributed by atoms with Crippen LogP contribution in [0.1, 0.15) is 39.5 Å². The molecule has 3 aliphatic heterocycles. The lowest BCUT2D eigenvalue weighted by Gasteiger charge is -2.39. The Morgan fingerprint density at radius 2 is 1.23 bits per heavy atom. The van der Waals surface area contributed by atoms with E-state index < -0.39 is 35.8 Å². The largest absolute Gasteiger partial charge is 0.463 e. The number of carbonyl (C=O) groups is 4. The molecule has 3 rings (SSSR count). The van der Waals surface area contributed by atoms with Gasteiger partial charge in [-0.25, -0.2) is 9.59 Å². The van der Waals surface area contributed by atoms with Crippen LogP contribution < -0.4 is 10.6 Å². The lowest BCUT2D eigenvalue weighted by Crippen LogP contribution is -2.68. The van der Waals surface area contributed by atoms with Crippen LogP contribution in [-0.4, -0.2) is 49.1 Å². The van der Waals surface area contributed by atoms with Gasteiger partial charge in [0.25, 0.3) is 0 Å². The lowest BCUT2D eigenvalue weighted by atomic mass is 9.82. The summed E-state index contributed by atoms with van der Waals surface area (Å²) in [6.07, 6.45) is 5.53. The van der Waals surface area contributed by atoms with Crippen molar-refractivity contribution in [1.29, 1.82) is 0 Å². The van der Waals surface area contributed by atoms with Crippen LogP contribution in [0.5, 0.6) is 0 Å². The normalized spacial score (nSPS) is 24.4. The second-order valence-corrected chi connectivity index (χ2v) is 6.12. The second kappa shape index (κ2) is 9.17. The molecule has 3 heterocycles. The predicted molar refractivity (Wildman–Crippen MR) is 91.8 cm³/mol. The van der Waals surface area contributed by atoms with Crippen LogP contribution in [0.4, 0.5) is 0 Å². The fourth-order valence-corrected chi connectivity index (χ4v) is 2.66. The summed E-state index contributed by atoms with van der Waals surface area (Å²) in [5.74, 6) is -2.10. The Bertz CT molecular complexity index is 596. The molecule has 0 aliphatic carbocycles. The Hall–Kier alpha value is -2.64. The van der Waals surface area contributed by atoms with Gasteiger partial charge in [0.15, 0.2) is 0 Å². The van der Waals surface area contributed by atoms with Gasteiger partial charge in [-0.15, -0.1) is 0 Å².